The highest BCUT2D eigenvalue weighted by molar-refractivity contribution is 9.10. The highest BCUT2D eigenvalue weighted by Crippen LogP contribution is 2.30. The van der Waals surface area contributed by atoms with E-state index >= 15 is 0 Å². The highest BCUT2D eigenvalue weighted by Gasteiger charge is 2.34. The number of benzene rings is 2. The standard InChI is InChI=1S/C19H15BrN2O3/c1-11-8-13-9-12(2-7-17(13)25-11)10-16-18(23)21-22(19(16)24)15-5-3-14(20)4-6-15/h2-7,9-11H,8H2,1H3,(H,21,23)/b16-10+/t11-/m1/s1. The molecule has 2 aromatic carbocycles. The monoisotopic (exact) mass is 398 g/mol. The molecule has 0 unspecified atom stereocenters. The smallest absolute Gasteiger partial charge is 0.282 e. The Balaban J connectivity index is 1.63. The fourth-order valence-corrected chi connectivity index (χ4v) is 3.29. The van der Waals surface area contributed by atoms with E-state index in [-0.39, 0.29) is 17.6 Å². The molecule has 0 spiro atoms. The van der Waals surface area contributed by atoms with Crippen LogP contribution in [0.1, 0.15) is 18.1 Å². The zero-order valence-corrected chi connectivity index (χ0v) is 15.0. The maximum atomic E-state index is 12.6. The molecule has 1 saturated heterocycles. The van der Waals surface area contributed by atoms with Gasteiger partial charge in [-0.25, -0.2) is 5.01 Å². The Labute approximate surface area is 153 Å². The number of carbonyl (C=O) groups excluding carboxylic acids is 2. The summed E-state index contributed by atoms with van der Waals surface area (Å²) < 4.78 is 6.58. The molecule has 126 valence electrons. The van der Waals surface area contributed by atoms with Crippen molar-refractivity contribution in [3.8, 4) is 5.75 Å². The molecule has 6 heteroatoms. The van der Waals surface area contributed by atoms with Gasteiger partial charge in [0.1, 0.15) is 17.4 Å². The van der Waals surface area contributed by atoms with Crippen LogP contribution in [0.4, 0.5) is 5.69 Å². The number of nitrogens with one attached hydrogen (secondary N) is 1. The van der Waals surface area contributed by atoms with Crippen LogP contribution in [0.15, 0.2) is 52.5 Å². The third-order valence-corrected chi connectivity index (χ3v) is 4.74. The van der Waals surface area contributed by atoms with Gasteiger partial charge in [0.15, 0.2) is 0 Å². The van der Waals surface area contributed by atoms with Crippen molar-refractivity contribution in [1.82, 2.24) is 5.43 Å². The number of nitrogens with zero attached hydrogens (tertiary/aromatic N) is 1. The van der Waals surface area contributed by atoms with Crippen molar-refractivity contribution >= 4 is 39.5 Å². The molecule has 0 bridgehead atoms. The summed E-state index contributed by atoms with van der Waals surface area (Å²) in [4.78, 5) is 24.9. The van der Waals surface area contributed by atoms with Crippen LogP contribution in [-0.2, 0) is 16.0 Å². The van der Waals surface area contributed by atoms with E-state index < -0.39 is 5.91 Å². The van der Waals surface area contributed by atoms with E-state index in [4.69, 9.17) is 4.74 Å². The lowest BCUT2D eigenvalue weighted by Crippen LogP contribution is -2.35. The van der Waals surface area contributed by atoms with E-state index in [0.717, 1.165) is 27.8 Å². The zero-order valence-electron chi connectivity index (χ0n) is 13.5. The molecule has 5 nitrogen and oxygen atoms in total. The first-order chi connectivity index (χ1) is 12.0. The Morgan fingerprint density at radius 1 is 1.20 bits per heavy atom. The summed E-state index contributed by atoms with van der Waals surface area (Å²) in [6.07, 6.45) is 2.61. The van der Waals surface area contributed by atoms with Crippen molar-refractivity contribution in [2.75, 3.05) is 5.01 Å². The number of carbonyl (C=O) groups is 2. The Bertz CT molecular complexity index is 905. The lowest BCUT2D eigenvalue weighted by molar-refractivity contribution is -0.117. The van der Waals surface area contributed by atoms with Crippen molar-refractivity contribution in [1.29, 1.82) is 0 Å². The number of anilines is 1. The van der Waals surface area contributed by atoms with Gasteiger partial charge in [0, 0.05) is 10.9 Å². The van der Waals surface area contributed by atoms with E-state index in [2.05, 4.69) is 21.4 Å². The molecule has 0 radical (unpaired) electrons. The van der Waals surface area contributed by atoms with Crippen molar-refractivity contribution in [2.45, 2.75) is 19.4 Å². The molecule has 2 aliphatic heterocycles. The van der Waals surface area contributed by atoms with Gasteiger partial charge in [0.05, 0.1) is 5.69 Å². The van der Waals surface area contributed by atoms with Gasteiger partial charge < -0.3 is 4.74 Å². The highest BCUT2D eigenvalue weighted by atomic mass is 79.9. The fourth-order valence-electron chi connectivity index (χ4n) is 3.03. The van der Waals surface area contributed by atoms with Gasteiger partial charge in [-0.05, 0) is 60.5 Å². The normalized spacial score (nSPS) is 20.6. The number of fused-ring (bicyclic) bond motifs is 1. The van der Waals surface area contributed by atoms with Crippen LogP contribution in [-0.4, -0.2) is 17.9 Å². The van der Waals surface area contributed by atoms with Gasteiger partial charge in [-0.3, -0.25) is 15.0 Å². The zero-order chi connectivity index (χ0) is 17.6. The van der Waals surface area contributed by atoms with Gasteiger partial charge in [0.2, 0.25) is 0 Å². The molecule has 4 rings (SSSR count). The minimum atomic E-state index is -0.405. The van der Waals surface area contributed by atoms with E-state index in [0.29, 0.717) is 5.69 Å². The predicted octanol–water partition coefficient (Wildman–Crippen LogP) is 3.23. The van der Waals surface area contributed by atoms with E-state index in [1.54, 1.807) is 18.2 Å². The Hall–Kier alpha value is -2.60. The SMILES string of the molecule is C[C@@H]1Cc2cc(/C=C3\C(=O)NN(c4ccc(Br)cc4)C3=O)ccc2O1. The summed E-state index contributed by atoms with van der Waals surface area (Å²) >= 11 is 3.35. The topological polar surface area (TPSA) is 58.6 Å². The molecule has 25 heavy (non-hydrogen) atoms. The molecule has 0 saturated carbocycles. The average molecular weight is 399 g/mol. The Morgan fingerprint density at radius 2 is 1.96 bits per heavy atom. The summed E-state index contributed by atoms with van der Waals surface area (Å²) in [5.74, 6) is 0.101. The number of ether oxygens (including phenoxy) is 1. The second kappa shape index (κ2) is 6.04. The number of halogens is 1. The molecule has 0 aliphatic carbocycles. The minimum Gasteiger partial charge on any atom is -0.490 e. The molecular weight excluding hydrogens is 384 g/mol. The number of amides is 2. The summed E-state index contributed by atoms with van der Waals surface area (Å²) in [5.41, 5.74) is 5.25. The van der Waals surface area contributed by atoms with Crippen molar-refractivity contribution in [3.05, 3.63) is 63.6 Å². The van der Waals surface area contributed by atoms with E-state index in [9.17, 15) is 9.59 Å². The summed E-state index contributed by atoms with van der Waals surface area (Å²) in [5, 5.41) is 1.26. The first-order valence-corrected chi connectivity index (χ1v) is 8.73. The molecule has 2 amide bonds. The summed E-state index contributed by atoms with van der Waals surface area (Å²) in [6.45, 7) is 2.02. The molecule has 1 N–H and O–H groups in total. The van der Waals surface area contributed by atoms with Crippen molar-refractivity contribution in [2.24, 2.45) is 0 Å². The molecule has 1 atom stereocenters. The summed E-state index contributed by atoms with van der Waals surface area (Å²) in [6, 6.07) is 12.9. The third kappa shape index (κ3) is 2.93. The van der Waals surface area contributed by atoms with Crippen LogP contribution in [0.5, 0.6) is 5.75 Å². The Kier molecular flexibility index (Phi) is 3.84. The first-order valence-electron chi connectivity index (χ1n) is 7.93. The second-order valence-corrected chi connectivity index (χ2v) is 7.03. The molecule has 1 fully saturated rings. The molecule has 0 aromatic heterocycles. The maximum absolute atomic E-state index is 12.6. The lowest BCUT2D eigenvalue weighted by atomic mass is 10.0. The number of rotatable bonds is 2. The van der Waals surface area contributed by atoms with Crippen LogP contribution >= 0.6 is 15.9 Å². The lowest BCUT2D eigenvalue weighted by Gasteiger charge is -2.14. The minimum absolute atomic E-state index is 0.120. The second-order valence-electron chi connectivity index (χ2n) is 6.12. The molecule has 2 aromatic rings. The summed E-state index contributed by atoms with van der Waals surface area (Å²) in [7, 11) is 0. The van der Waals surface area contributed by atoms with Crippen LogP contribution in [0.25, 0.3) is 6.08 Å². The Morgan fingerprint density at radius 3 is 2.72 bits per heavy atom. The molecule has 2 aliphatic rings. The van der Waals surface area contributed by atoms with Crippen molar-refractivity contribution < 1.29 is 14.3 Å². The van der Waals surface area contributed by atoms with Gasteiger partial charge in [0.25, 0.3) is 11.8 Å². The molecular formula is C19H15BrN2O3. The van der Waals surface area contributed by atoms with Crippen LogP contribution in [0, 0.1) is 0 Å². The quantitative estimate of drug-likeness (QED) is 0.623. The van der Waals surface area contributed by atoms with Crippen LogP contribution in [0.3, 0.4) is 0 Å². The average Bonchev–Trinajstić information content (AvgIpc) is 3.09. The van der Waals surface area contributed by atoms with Gasteiger partial charge in [-0.2, -0.15) is 0 Å². The predicted molar refractivity (Wildman–Crippen MR) is 98.0 cm³/mol. The first kappa shape index (κ1) is 15.9. The maximum Gasteiger partial charge on any atom is 0.282 e. The van der Waals surface area contributed by atoms with Gasteiger partial charge >= 0.3 is 0 Å². The van der Waals surface area contributed by atoms with Gasteiger partial charge in [-0.15, -0.1) is 0 Å². The van der Waals surface area contributed by atoms with Gasteiger partial charge in [-0.1, -0.05) is 22.0 Å². The number of hydrazine groups is 1. The van der Waals surface area contributed by atoms with E-state index in [1.807, 2.05) is 37.3 Å². The third-order valence-electron chi connectivity index (χ3n) is 4.21. The van der Waals surface area contributed by atoms with E-state index in [1.165, 1.54) is 5.01 Å². The van der Waals surface area contributed by atoms with Crippen LogP contribution < -0.4 is 15.2 Å². The number of hydrogen-bond donors (Lipinski definition) is 1. The van der Waals surface area contributed by atoms with Crippen molar-refractivity contribution in [3.63, 3.8) is 0 Å². The largest absolute Gasteiger partial charge is 0.490 e. The molecule has 2 heterocycles. The fraction of sp³-hybridized carbons (Fsp3) is 0.158. The van der Waals surface area contributed by atoms with Crippen LogP contribution in [0.2, 0.25) is 0 Å². The number of hydrogen-bond acceptors (Lipinski definition) is 3.